The van der Waals surface area contributed by atoms with Crippen LogP contribution < -0.4 is 9.64 Å². The van der Waals surface area contributed by atoms with E-state index in [-0.39, 0.29) is 11.9 Å². The van der Waals surface area contributed by atoms with Crippen molar-refractivity contribution in [2.75, 3.05) is 25.1 Å². The second-order valence-electron chi connectivity index (χ2n) is 7.24. The molecule has 0 bridgehead atoms. The van der Waals surface area contributed by atoms with Crippen LogP contribution in [0, 0.1) is 6.92 Å². The minimum atomic E-state index is -0.223. The third-order valence-electron chi connectivity index (χ3n) is 5.48. The van der Waals surface area contributed by atoms with Crippen LogP contribution in [0.5, 0.6) is 11.5 Å². The van der Waals surface area contributed by atoms with E-state index in [0.29, 0.717) is 0 Å². The van der Waals surface area contributed by atoms with Crippen LogP contribution in [-0.2, 0) is 0 Å². The van der Waals surface area contributed by atoms with E-state index in [1.807, 2.05) is 37.3 Å². The van der Waals surface area contributed by atoms with Crippen molar-refractivity contribution in [2.45, 2.75) is 25.9 Å². The molecule has 0 aliphatic carbocycles. The Kier molecular flexibility index (Phi) is 4.66. The normalized spacial score (nSPS) is 15.3. The Morgan fingerprint density at radius 3 is 2.37 bits per heavy atom. The minimum Gasteiger partial charge on any atom is -0.507 e. The molecule has 27 heavy (non-hydrogen) atoms. The molecule has 3 aromatic rings. The monoisotopic (exact) mass is 363 g/mol. The van der Waals surface area contributed by atoms with Gasteiger partial charge in [0.15, 0.2) is 0 Å². The number of phenols is 1. The predicted octanol–water partition coefficient (Wildman–Crippen LogP) is 4.49. The number of aliphatic hydroxyl groups excluding tert-OH is 1. The summed E-state index contributed by atoms with van der Waals surface area (Å²) < 4.78 is 5.65. The summed E-state index contributed by atoms with van der Waals surface area (Å²) in [5, 5.41) is 22.2. The Labute approximate surface area is 159 Å². The molecular weight excluding hydrogens is 338 g/mol. The van der Waals surface area contributed by atoms with Crippen LogP contribution in [0.1, 0.15) is 18.4 Å². The maximum atomic E-state index is 10.6. The summed E-state index contributed by atoms with van der Waals surface area (Å²) in [5.74, 6) is 1.01. The van der Waals surface area contributed by atoms with Gasteiger partial charge in [-0.05, 0) is 60.0 Å². The Balaban J connectivity index is 1.95. The molecule has 4 rings (SSSR count). The summed E-state index contributed by atoms with van der Waals surface area (Å²) in [6, 6.07) is 16.1. The first-order valence-electron chi connectivity index (χ1n) is 9.41. The summed E-state index contributed by atoms with van der Waals surface area (Å²) in [6.07, 6.45) is 1.29. The molecule has 1 aliphatic rings. The van der Waals surface area contributed by atoms with E-state index in [0.717, 1.165) is 64.8 Å². The van der Waals surface area contributed by atoms with Gasteiger partial charge < -0.3 is 19.8 Å². The highest BCUT2D eigenvalue weighted by atomic mass is 16.5. The number of ether oxygens (including phenoxy) is 1. The van der Waals surface area contributed by atoms with Gasteiger partial charge in [0, 0.05) is 18.5 Å². The van der Waals surface area contributed by atoms with Crippen LogP contribution >= 0.6 is 0 Å². The van der Waals surface area contributed by atoms with E-state index in [9.17, 15) is 10.2 Å². The highest BCUT2D eigenvalue weighted by Gasteiger charge is 2.22. The second kappa shape index (κ2) is 7.12. The fraction of sp³-hybridized carbons (Fsp3) is 0.304. The molecule has 3 aromatic carbocycles. The van der Waals surface area contributed by atoms with Crippen molar-refractivity contribution >= 4 is 16.5 Å². The number of phenolic OH excluding ortho intramolecular Hbond substituents is 1. The number of hydrogen-bond donors (Lipinski definition) is 2. The van der Waals surface area contributed by atoms with Crippen LogP contribution in [0.15, 0.2) is 48.5 Å². The van der Waals surface area contributed by atoms with Gasteiger partial charge in [0.2, 0.25) is 0 Å². The Hall–Kier alpha value is -2.72. The highest BCUT2D eigenvalue weighted by molar-refractivity contribution is 6.04. The van der Waals surface area contributed by atoms with Crippen molar-refractivity contribution in [1.82, 2.24) is 0 Å². The van der Waals surface area contributed by atoms with E-state index in [4.69, 9.17) is 4.74 Å². The molecule has 140 valence electrons. The fourth-order valence-electron chi connectivity index (χ4n) is 4.06. The highest BCUT2D eigenvalue weighted by Crippen LogP contribution is 2.43. The number of fused-ring (bicyclic) bond motifs is 1. The summed E-state index contributed by atoms with van der Waals surface area (Å²) in [7, 11) is 1.66. The molecule has 1 heterocycles. The maximum Gasteiger partial charge on any atom is 0.142 e. The van der Waals surface area contributed by atoms with Crippen molar-refractivity contribution < 1.29 is 14.9 Å². The van der Waals surface area contributed by atoms with Crippen molar-refractivity contribution in [3.8, 4) is 22.6 Å². The molecule has 1 saturated heterocycles. The van der Waals surface area contributed by atoms with Gasteiger partial charge in [0.1, 0.15) is 11.5 Å². The number of aromatic hydroxyl groups is 1. The number of anilines is 1. The molecule has 1 fully saturated rings. The largest absolute Gasteiger partial charge is 0.507 e. The molecule has 0 amide bonds. The zero-order valence-corrected chi connectivity index (χ0v) is 15.8. The molecule has 0 saturated carbocycles. The topological polar surface area (TPSA) is 52.9 Å². The van der Waals surface area contributed by atoms with E-state index >= 15 is 0 Å². The molecule has 2 N–H and O–H groups in total. The number of hydrogen-bond acceptors (Lipinski definition) is 4. The summed E-state index contributed by atoms with van der Waals surface area (Å²) in [4.78, 5) is 2.26. The standard InChI is InChI=1S/C23H25NO3/c1-15-12-21(26)18-14-22(27-2)20(24-10-8-17(25)9-11-24)13-19(18)23(15)16-6-4-3-5-7-16/h3-7,12-14,17,25-26H,8-11H2,1-2H3. The molecule has 0 radical (unpaired) electrons. The number of nitrogens with zero attached hydrogens (tertiary/aromatic N) is 1. The fourth-order valence-corrected chi connectivity index (χ4v) is 4.06. The van der Waals surface area contributed by atoms with Gasteiger partial charge in [-0.15, -0.1) is 0 Å². The lowest BCUT2D eigenvalue weighted by Gasteiger charge is -2.33. The lowest BCUT2D eigenvalue weighted by molar-refractivity contribution is 0.145. The summed E-state index contributed by atoms with van der Waals surface area (Å²) in [6.45, 7) is 3.62. The zero-order chi connectivity index (χ0) is 19.0. The molecule has 1 aliphatic heterocycles. The van der Waals surface area contributed by atoms with Crippen molar-refractivity contribution in [3.63, 3.8) is 0 Å². The maximum absolute atomic E-state index is 10.6. The SMILES string of the molecule is COc1cc2c(O)cc(C)c(-c3ccccc3)c2cc1N1CCC(O)CC1. The first kappa shape index (κ1) is 17.7. The van der Waals surface area contributed by atoms with Gasteiger partial charge >= 0.3 is 0 Å². The first-order valence-corrected chi connectivity index (χ1v) is 9.41. The van der Waals surface area contributed by atoms with Gasteiger partial charge in [0.05, 0.1) is 18.9 Å². The lowest BCUT2D eigenvalue weighted by atomic mass is 9.92. The zero-order valence-electron chi connectivity index (χ0n) is 15.8. The van der Waals surface area contributed by atoms with Crippen molar-refractivity contribution in [3.05, 3.63) is 54.1 Å². The third kappa shape index (κ3) is 3.21. The molecule has 4 nitrogen and oxygen atoms in total. The third-order valence-corrected chi connectivity index (χ3v) is 5.48. The molecule has 0 atom stereocenters. The Morgan fingerprint density at radius 2 is 1.70 bits per heavy atom. The number of aryl methyl sites for hydroxylation is 1. The van der Waals surface area contributed by atoms with E-state index in [2.05, 4.69) is 23.1 Å². The number of rotatable bonds is 3. The number of methoxy groups -OCH3 is 1. The first-order chi connectivity index (χ1) is 13.1. The van der Waals surface area contributed by atoms with Crippen molar-refractivity contribution in [2.24, 2.45) is 0 Å². The molecular formula is C23H25NO3. The van der Waals surface area contributed by atoms with Gasteiger partial charge in [-0.2, -0.15) is 0 Å². The average molecular weight is 363 g/mol. The van der Waals surface area contributed by atoms with E-state index in [1.54, 1.807) is 7.11 Å². The molecule has 4 heteroatoms. The molecule has 0 spiro atoms. The quantitative estimate of drug-likeness (QED) is 0.720. The van der Waals surface area contributed by atoms with Crippen LogP contribution in [-0.4, -0.2) is 36.5 Å². The Bertz CT molecular complexity index is 961. The molecule has 0 aromatic heterocycles. The van der Waals surface area contributed by atoms with Gasteiger partial charge in [0.25, 0.3) is 0 Å². The Morgan fingerprint density at radius 1 is 1.00 bits per heavy atom. The predicted molar refractivity (Wildman–Crippen MR) is 110 cm³/mol. The van der Waals surface area contributed by atoms with Gasteiger partial charge in [-0.1, -0.05) is 30.3 Å². The van der Waals surface area contributed by atoms with Gasteiger partial charge in [-0.3, -0.25) is 0 Å². The van der Waals surface area contributed by atoms with Crippen molar-refractivity contribution in [1.29, 1.82) is 0 Å². The lowest BCUT2D eigenvalue weighted by Crippen LogP contribution is -2.36. The number of aliphatic hydroxyl groups is 1. The van der Waals surface area contributed by atoms with E-state index in [1.165, 1.54) is 0 Å². The smallest absolute Gasteiger partial charge is 0.142 e. The number of benzene rings is 3. The van der Waals surface area contributed by atoms with Crippen LogP contribution in [0.25, 0.3) is 21.9 Å². The molecule has 0 unspecified atom stereocenters. The minimum absolute atomic E-state index is 0.223. The average Bonchev–Trinajstić information content (AvgIpc) is 2.68. The summed E-state index contributed by atoms with van der Waals surface area (Å²) >= 11 is 0. The van der Waals surface area contributed by atoms with Crippen LogP contribution in [0.3, 0.4) is 0 Å². The van der Waals surface area contributed by atoms with E-state index < -0.39 is 0 Å². The van der Waals surface area contributed by atoms with Crippen LogP contribution in [0.2, 0.25) is 0 Å². The second-order valence-corrected chi connectivity index (χ2v) is 7.24. The summed E-state index contributed by atoms with van der Waals surface area (Å²) in [5.41, 5.74) is 4.31. The van der Waals surface area contributed by atoms with Gasteiger partial charge in [-0.25, -0.2) is 0 Å². The van der Waals surface area contributed by atoms with Crippen LogP contribution in [0.4, 0.5) is 5.69 Å². The number of piperidine rings is 1.